The molecule has 76 valence electrons. The van der Waals surface area contributed by atoms with Gasteiger partial charge < -0.3 is 5.11 Å². The number of hydrogen-bond acceptors (Lipinski definition) is 5. The summed E-state index contributed by atoms with van der Waals surface area (Å²) in [5, 5.41) is 19.7. The molecule has 0 aliphatic heterocycles. The lowest BCUT2D eigenvalue weighted by molar-refractivity contribution is 0.0685. The highest BCUT2D eigenvalue weighted by Crippen LogP contribution is 2.41. The minimum atomic E-state index is -1.02. The molecule has 0 aromatic carbocycles. The highest BCUT2D eigenvalue weighted by Gasteiger charge is 2.30. The first kappa shape index (κ1) is 8.27. The third-order valence-corrected chi connectivity index (χ3v) is 2.48. The monoisotopic (exact) mass is 205 g/mol. The second-order valence-electron chi connectivity index (χ2n) is 3.53. The Morgan fingerprint density at radius 2 is 2.33 bits per heavy atom. The summed E-state index contributed by atoms with van der Waals surface area (Å²) in [4.78, 5) is 15.1. The van der Waals surface area contributed by atoms with Crippen LogP contribution in [0.4, 0.5) is 0 Å². The number of aromatic nitrogens is 5. The number of fused-ring (bicyclic) bond motifs is 1. The van der Waals surface area contributed by atoms with Gasteiger partial charge >= 0.3 is 5.97 Å². The highest BCUT2D eigenvalue weighted by atomic mass is 16.4. The molecule has 7 heteroatoms. The largest absolute Gasteiger partial charge is 0.476 e. The lowest BCUT2D eigenvalue weighted by Crippen LogP contribution is -2.11. The molecule has 0 spiro atoms. The molecule has 2 aromatic rings. The van der Waals surface area contributed by atoms with E-state index in [1.165, 1.54) is 4.52 Å². The molecule has 0 amide bonds. The molecule has 2 heterocycles. The summed E-state index contributed by atoms with van der Waals surface area (Å²) in [5.74, 6) is -0.495. The fraction of sp³-hybridized carbons (Fsp3) is 0.375. The van der Waals surface area contributed by atoms with Crippen LogP contribution >= 0.6 is 0 Å². The summed E-state index contributed by atoms with van der Waals surface area (Å²) in [5.41, 5.74) is 0.856. The highest BCUT2D eigenvalue weighted by molar-refractivity contribution is 5.88. The van der Waals surface area contributed by atoms with Gasteiger partial charge in [-0.05, 0) is 29.2 Å². The molecule has 3 rings (SSSR count). The van der Waals surface area contributed by atoms with Gasteiger partial charge in [0.05, 0.1) is 0 Å². The maximum atomic E-state index is 11.1. The van der Waals surface area contributed by atoms with E-state index >= 15 is 0 Å². The number of aromatic carboxylic acids is 1. The number of rotatable bonds is 2. The summed E-state index contributed by atoms with van der Waals surface area (Å²) in [6, 6.07) is 0. The quantitative estimate of drug-likeness (QED) is 0.747. The summed E-state index contributed by atoms with van der Waals surface area (Å²) >= 11 is 0. The molecule has 1 N–H and O–H groups in total. The van der Waals surface area contributed by atoms with Crippen LogP contribution < -0.4 is 0 Å². The van der Waals surface area contributed by atoms with E-state index in [0.717, 1.165) is 18.4 Å². The SMILES string of the molecule is O=C(O)c1c(C2CC2)cnc2nnnn12. The van der Waals surface area contributed by atoms with Crippen LogP contribution in [0.5, 0.6) is 0 Å². The zero-order valence-corrected chi connectivity index (χ0v) is 7.66. The van der Waals surface area contributed by atoms with Crippen LogP contribution in [-0.2, 0) is 0 Å². The maximum Gasteiger partial charge on any atom is 0.355 e. The molecule has 0 unspecified atom stereocenters. The second-order valence-corrected chi connectivity index (χ2v) is 3.53. The Bertz CT molecular complexity index is 545. The van der Waals surface area contributed by atoms with Crippen molar-refractivity contribution >= 4 is 11.7 Å². The molecule has 1 aliphatic carbocycles. The first-order valence-corrected chi connectivity index (χ1v) is 4.57. The van der Waals surface area contributed by atoms with Gasteiger partial charge in [-0.3, -0.25) is 0 Å². The van der Waals surface area contributed by atoms with Crippen LogP contribution in [-0.4, -0.2) is 36.1 Å². The van der Waals surface area contributed by atoms with Crippen LogP contribution in [0.2, 0.25) is 0 Å². The zero-order valence-electron chi connectivity index (χ0n) is 7.66. The van der Waals surface area contributed by atoms with Crippen molar-refractivity contribution in [1.29, 1.82) is 0 Å². The van der Waals surface area contributed by atoms with Gasteiger partial charge in [-0.1, -0.05) is 5.10 Å². The molecule has 0 bridgehead atoms. The number of carboxylic acids is 1. The molecule has 1 fully saturated rings. The molecule has 15 heavy (non-hydrogen) atoms. The third-order valence-electron chi connectivity index (χ3n) is 2.48. The molecule has 1 saturated carbocycles. The fourth-order valence-electron chi connectivity index (χ4n) is 1.63. The average Bonchev–Trinajstić information content (AvgIpc) is 2.94. The van der Waals surface area contributed by atoms with E-state index in [9.17, 15) is 4.79 Å². The van der Waals surface area contributed by atoms with Gasteiger partial charge in [0.25, 0.3) is 5.78 Å². The number of carboxylic acid groups (broad SMARTS) is 1. The van der Waals surface area contributed by atoms with Crippen LogP contribution in [0.3, 0.4) is 0 Å². The van der Waals surface area contributed by atoms with Crippen molar-refractivity contribution in [3.63, 3.8) is 0 Å². The smallest absolute Gasteiger partial charge is 0.355 e. The average molecular weight is 205 g/mol. The Morgan fingerprint density at radius 3 is 3.00 bits per heavy atom. The van der Waals surface area contributed by atoms with Gasteiger partial charge in [-0.15, -0.1) is 0 Å². The van der Waals surface area contributed by atoms with Gasteiger partial charge in [-0.2, -0.15) is 4.52 Å². The predicted molar refractivity (Wildman–Crippen MR) is 47.5 cm³/mol. The van der Waals surface area contributed by atoms with E-state index < -0.39 is 5.97 Å². The summed E-state index contributed by atoms with van der Waals surface area (Å²) in [6.07, 6.45) is 3.58. The Hall–Kier alpha value is -2.05. The Morgan fingerprint density at radius 1 is 1.53 bits per heavy atom. The van der Waals surface area contributed by atoms with Gasteiger partial charge in [0.15, 0.2) is 5.69 Å². The minimum absolute atomic E-state index is 0.132. The lowest BCUT2D eigenvalue weighted by Gasteiger charge is -2.03. The molecule has 7 nitrogen and oxygen atoms in total. The molecule has 0 saturated heterocycles. The molecule has 2 aromatic heterocycles. The van der Waals surface area contributed by atoms with Crippen molar-refractivity contribution in [3.05, 3.63) is 17.5 Å². The van der Waals surface area contributed by atoms with E-state index in [0.29, 0.717) is 5.92 Å². The molecular weight excluding hydrogens is 198 g/mol. The first-order valence-electron chi connectivity index (χ1n) is 4.57. The molecular formula is C8H7N5O2. The van der Waals surface area contributed by atoms with Gasteiger partial charge in [-0.25, -0.2) is 9.78 Å². The Balaban J connectivity index is 2.33. The lowest BCUT2D eigenvalue weighted by atomic mass is 10.1. The van der Waals surface area contributed by atoms with Crippen molar-refractivity contribution < 1.29 is 9.90 Å². The van der Waals surface area contributed by atoms with E-state index in [1.807, 2.05) is 0 Å². The standard InChI is InChI=1S/C8H7N5O2/c14-7(15)6-5(4-1-2-4)3-9-8-10-11-12-13(6)8/h3-4H,1-2H2,(H,14,15). The van der Waals surface area contributed by atoms with Crippen LogP contribution in [0.1, 0.15) is 34.8 Å². The normalized spacial score (nSPS) is 15.7. The summed E-state index contributed by atoms with van der Waals surface area (Å²) in [7, 11) is 0. The fourth-order valence-corrected chi connectivity index (χ4v) is 1.63. The topological polar surface area (TPSA) is 93.3 Å². The number of tetrazole rings is 1. The van der Waals surface area contributed by atoms with Crippen molar-refractivity contribution in [2.75, 3.05) is 0 Å². The van der Waals surface area contributed by atoms with Crippen molar-refractivity contribution in [2.45, 2.75) is 18.8 Å². The summed E-state index contributed by atoms with van der Waals surface area (Å²) in [6.45, 7) is 0. The molecule has 0 radical (unpaired) electrons. The Labute approximate surface area is 83.7 Å². The van der Waals surface area contributed by atoms with Crippen LogP contribution in [0.15, 0.2) is 6.20 Å². The minimum Gasteiger partial charge on any atom is -0.476 e. The number of nitrogens with zero attached hydrogens (tertiary/aromatic N) is 5. The second kappa shape index (κ2) is 2.72. The molecule has 1 aliphatic rings. The van der Waals surface area contributed by atoms with Crippen molar-refractivity contribution in [1.82, 2.24) is 25.0 Å². The zero-order chi connectivity index (χ0) is 10.4. The van der Waals surface area contributed by atoms with Gasteiger partial charge in [0.2, 0.25) is 0 Å². The first-order chi connectivity index (χ1) is 7.27. The third kappa shape index (κ3) is 1.16. The summed E-state index contributed by atoms with van der Waals surface area (Å²) < 4.78 is 1.18. The Kier molecular flexibility index (Phi) is 1.50. The predicted octanol–water partition coefficient (Wildman–Crippen LogP) is 0.0949. The van der Waals surface area contributed by atoms with Crippen LogP contribution in [0.25, 0.3) is 5.78 Å². The van der Waals surface area contributed by atoms with Gasteiger partial charge in [0, 0.05) is 11.8 Å². The number of hydrogen-bond donors (Lipinski definition) is 1. The van der Waals surface area contributed by atoms with Crippen molar-refractivity contribution in [2.24, 2.45) is 0 Å². The van der Waals surface area contributed by atoms with Crippen molar-refractivity contribution in [3.8, 4) is 0 Å². The van der Waals surface area contributed by atoms with Gasteiger partial charge in [0.1, 0.15) is 0 Å². The van der Waals surface area contributed by atoms with E-state index in [-0.39, 0.29) is 11.5 Å². The van der Waals surface area contributed by atoms with E-state index in [1.54, 1.807) is 6.20 Å². The molecule has 0 atom stereocenters. The van der Waals surface area contributed by atoms with Crippen LogP contribution in [0, 0.1) is 0 Å². The van der Waals surface area contributed by atoms with E-state index in [4.69, 9.17) is 5.11 Å². The maximum absolute atomic E-state index is 11.1. The number of carbonyl (C=O) groups is 1. The van der Waals surface area contributed by atoms with E-state index in [2.05, 4.69) is 20.5 Å².